The molecular weight excluding hydrogens is 272 g/mol. The molecule has 0 spiro atoms. The summed E-state index contributed by atoms with van der Waals surface area (Å²) in [6.07, 6.45) is 1.66. The highest BCUT2D eigenvalue weighted by Crippen LogP contribution is 2.34. The van der Waals surface area contributed by atoms with Crippen LogP contribution in [-0.2, 0) is 12.8 Å². The Morgan fingerprint density at radius 3 is 3.15 bits per heavy atom. The molecule has 0 radical (unpaired) electrons. The molecule has 3 heterocycles. The second-order valence-corrected chi connectivity index (χ2v) is 6.04. The van der Waals surface area contributed by atoms with Crippen molar-refractivity contribution < 1.29 is 4.79 Å². The molecule has 1 aliphatic rings. The largest absolute Gasteiger partial charge is 0.395 e. The number of carbonyl (C=O) groups excluding carboxylic acids is 1. The lowest BCUT2D eigenvalue weighted by Gasteiger charge is -2.33. The van der Waals surface area contributed by atoms with Gasteiger partial charge in [-0.1, -0.05) is 6.92 Å². The molecule has 0 saturated heterocycles. The number of anilines is 1. The fourth-order valence-electron chi connectivity index (χ4n) is 2.74. The molecule has 0 aromatic carbocycles. The van der Waals surface area contributed by atoms with Gasteiger partial charge in [0.2, 0.25) is 0 Å². The Kier molecular flexibility index (Phi) is 3.25. The summed E-state index contributed by atoms with van der Waals surface area (Å²) in [7, 11) is 0. The Bertz CT molecular complexity index is 645. The van der Waals surface area contributed by atoms with E-state index in [1.165, 1.54) is 10.4 Å². The van der Waals surface area contributed by atoms with Gasteiger partial charge in [0.05, 0.1) is 17.4 Å². The van der Waals surface area contributed by atoms with Crippen LogP contribution >= 0.6 is 11.3 Å². The zero-order valence-corrected chi connectivity index (χ0v) is 12.5. The van der Waals surface area contributed by atoms with Crippen LogP contribution in [0.3, 0.4) is 0 Å². The summed E-state index contributed by atoms with van der Waals surface area (Å²) in [6.45, 7) is 4.77. The number of nitrogens with one attached hydrogen (secondary N) is 1. The van der Waals surface area contributed by atoms with Crippen LogP contribution < -0.4 is 5.73 Å². The van der Waals surface area contributed by atoms with Gasteiger partial charge in [-0.15, -0.1) is 11.3 Å². The summed E-state index contributed by atoms with van der Waals surface area (Å²) in [4.78, 5) is 15.9. The maximum atomic E-state index is 12.7. The molecule has 1 atom stereocenters. The maximum Gasteiger partial charge on any atom is 0.277 e. The predicted molar refractivity (Wildman–Crippen MR) is 79.9 cm³/mol. The first-order chi connectivity index (χ1) is 9.63. The van der Waals surface area contributed by atoms with Crippen LogP contribution in [0, 0.1) is 0 Å². The minimum Gasteiger partial charge on any atom is -0.395 e. The summed E-state index contributed by atoms with van der Waals surface area (Å²) in [5, 5.41) is 9.04. The second kappa shape index (κ2) is 4.94. The molecule has 0 bridgehead atoms. The number of hydrogen-bond donors (Lipinski definition) is 2. The smallest absolute Gasteiger partial charge is 0.277 e. The monoisotopic (exact) mass is 290 g/mol. The molecule has 20 heavy (non-hydrogen) atoms. The van der Waals surface area contributed by atoms with E-state index in [1.807, 2.05) is 11.8 Å². The molecule has 5 nitrogen and oxygen atoms in total. The first kappa shape index (κ1) is 13.2. The lowest BCUT2D eigenvalue weighted by atomic mass is 10.0. The highest BCUT2D eigenvalue weighted by molar-refractivity contribution is 7.10. The fourth-order valence-corrected chi connectivity index (χ4v) is 3.70. The third-order valence-electron chi connectivity index (χ3n) is 3.98. The van der Waals surface area contributed by atoms with Crippen LogP contribution in [0.25, 0.3) is 0 Å². The van der Waals surface area contributed by atoms with E-state index in [0.29, 0.717) is 11.4 Å². The van der Waals surface area contributed by atoms with Crippen molar-refractivity contribution >= 4 is 22.9 Å². The van der Waals surface area contributed by atoms with Crippen molar-refractivity contribution in [3.8, 4) is 0 Å². The third kappa shape index (κ3) is 1.91. The van der Waals surface area contributed by atoms with Gasteiger partial charge >= 0.3 is 0 Å². The summed E-state index contributed by atoms with van der Waals surface area (Å²) in [5.74, 6) is -0.0807. The molecule has 0 aliphatic carbocycles. The first-order valence-corrected chi connectivity index (χ1v) is 7.71. The van der Waals surface area contributed by atoms with E-state index in [-0.39, 0.29) is 11.9 Å². The molecule has 2 aromatic rings. The maximum absolute atomic E-state index is 12.7. The van der Waals surface area contributed by atoms with Crippen LogP contribution in [0.4, 0.5) is 5.69 Å². The van der Waals surface area contributed by atoms with Crippen LogP contribution in [0.2, 0.25) is 0 Å². The topological polar surface area (TPSA) is 75.0 Å². The summed E-state index contributed by atoms with van der Waals surface area (Å²) >= 11 is 1.77. The Morgan fingerprint density at radius 1 is 1.65 bits per heavy atom. The average molecular weight is 290 g/mol. The number of aromatic amines is 1. The van der Waals surface area contributed by atoms with Crippen LogP contribution in [-0.4, -0.2) is 27.5 Å². The summed E-state index contributed by atoms with van der Waals surface area (Å²) in [6, 6.07) is 2.19. The van der Waals surface area contributed by atoms with Gasteiger partial charge in [0.1, 0.15) is 0 Å². The summed E-state index contributed by atoms with van der Waals surface area (Å²) < 4.78 is 0. The highest BCUT2D eigenvalue weighted by atomic mass is 32.1. The zero-order valence-electron chi connectivity index (χ0n) is 11.6. The van der Waals surface area contributed by atoms with Crippen LogP contribution in [0.15, 0.2) is 11.4 Å². The number of thiophene rings is 1. The van der Waals surface area contributed by atoms with Crippen molar-refractivity contribution in [3.63, 3.8) is 0 Å². The van der Waals surface area contributed by atoms with E-state index in [0.717, 1.165) is 25.1 Å². The Labute approximate surface area is 121 Å². The van der Waals surface area contributed by atoms with Gasteiger partial charge in [-0.3, -0.25) is 9.89 Å². The van der Waals surface area contributed by atoms with E-state index in [1.54, 1.807) is 11.3 Å². The van der Waals surface area contributed by atoms with E-state index < -0.39 is 0 Å². The molecule has 3 N–H and O–H groups in total. The van der Waals surface area contributed by atoms with E-state index in [9.17, 15) is 4.79 Å². The van der Waals surface area contributed by atoms with Gasteiger partial charge in [-0.05, 0) is 36.8 Å². The number of amides is 1. The first-order valence-electron chi connectivity index (χ1n) is 6.83. The average Bonchev–Trinajstić information content (AvgIpc) is 3.05. The molecule has 1 aliphatic heterocycles. The van der Waals surface area contributed by atoms with Crippen molar-refractivity contribution in [1.82, 2.24) is 15.1 Å². The van der Waals surface area contributed by atoms with Gasteiger partial charge < -0.3 is 10.6 Å². The van der Waals surface area contributed by atoms with Crippen molar-refractivity contribution in [2.75, 3.05) is 12.3 Å². The Hall–Kier alpha value is -1.82. The highest BCUT2D eigenvalue weighted by Gasteiger charge is 2.31. The molecule has 106 valence electrons. The summed E-state index contributed by atoms with van der Waals surface area (Å²) in [5.41, 5.74) is 8.92. The van der Waals surface area contributed by atoms with Crippen molar-refractivity contribution in [3.05, 3.63) is 33.3 Å². The molecule has 6 heteroatoms. The molecule has 1 amide bonds. The number of nitrogens with zero attached hydrogens (tertiary/aromatic N) is 2. The van der Waals surface area contributed by atoms with E-state index in [2.05, 4.69) is 28.6 Å². The van der Waals surface area contributed by atoms with E-state index in [4.69, 9.17) is 5.73 Å². The number of aromatic nitrogens is 2. The number of nitrogen functional groups attached to an aromatic ring is 1. The normalized spacial score (nSPS) is 18.1. The molecule has 2 aromatic heterocycles. The lowest BCUT2D eigenvalue weighted by molar-refractivity contribution is 0.0674. The fraction of sp³-hybridized carbons (Fsp3) is 0.429. The minimum absolute atomic E-state index is 0.0807. The second-order valence-electron chi connectivity index (χ2n) is 5.04. The van der Waals surface area contributed by atoms with Gasteiger partial charge in [-0.25, -0.2) is 0 Å². The Balaban J connectivity index is 1.90. The molecule has 0 saturated carbocycles. The third-order valence-corrected chi connectivity index (χ3v) is 4.97. The lowest BCUT2D eigenvalue weighted by Crippen LogP contribution is -2.38. The molecular formula is C14H18N4OS. The molecule has 3 rings (SSSR count). The van der Waals surface area contributed by atoms with Gasteiger partial charge in [0, 0.05) is 11.4 Å². The molecule has 0 fully saturated rings. The Morgan fingerprint density at radius 2 is 2.45 bits per heavy atom. The minimum atomic E-state index is -0.0807. The number of rotatable bonds is 2. The van der Waals surface area contributed by atoms with Gasteiger partial charge in [0.15, 0.2) is 5.69 Å². The number of hydrogen-bond acceptors (Lipinski definition) is 4. The van der Waals surface area contributed by atoms with Crippen LogP contribution in [0.1, 0.15) is 46.5 Å². The standard InChI is InChI=1S/C14H18N4OS/c1-3-10-12(15)13(17-16-10)14(19)18-6-4-11-9(8(18)2)5-7-20-11/h5,7-8H,3-4,6,15H2,1-2H3,(H,16,17). The number of fused-ring (bicyclic) bond motifs is 1. The predicted octanol–water partition coefficient (Wildman–Crippen LogP) is 2.38. The SMILES string of the molecule is CCc1[nH]nc(C(=O)N2CCc3sccc3C2C)c1N. The van der Waals surface area contributed by atoms with Crippen molar-refractivity contribution in [2.24, 2.45) is 0 Å². The van der Waals surface area contributed by atoms with Crippen LogP contribution in [0.5, 0.6) is 0 Å². The quantitative estimate of drug-likeness (QED) is 0.891. The van der Waals surface area contributed by atoms with Crippen molar-refractivity contribution in [1.29, 1.82) is 0 Å². The number of carbonyl (C=O) groups is 1. The van der Waals surface area contributed by atoms with E-state index >= 15 is 0 Å². The molecule has 1 unspecified atom stereocenters. The van der Waals surface area contributed by atoms with Gasteiger partial charge in [0.25, 0.3) is 5.91 Å². The van der Waals surface area contributed by atoms with Crippen molar-refractivity contribution in [2.45, 2.75) is 32.7 Å². The number of nitrogens with two attached hydrogens (primary N) is 1. The zero-order chi connectivity index (χ0) is 14.3. The number of H-pyrrole nitrogens is 1. The number of aryl methyl sites for hydroxylation is 1. The van der Waals surface area contributed by atoms with Gasteiger partial charge in [-0.2, -0.15) is 5.10 Å².